The zero-order valence-corrected chi connectivity index (χ0v) is 14.6. The Hall–Kier alpha value is -2.20. The fourth-order valence-electron chi connectivity index (χ4n) is 2.88. The van der Waals surface area contributed by atoms with Crippen LogP contribution in [0.15, 0.2) is 48.5 Å². The first kappa shape index (κ1) is 16.7. The largest absolute Gasteiger partial charge is 0.381 e. The first-order chi connectivity index (χ1) is 11.6. The maximum atomic E-state index is 11.4. The van der Waals surface area contributed by atoms with Gasteiger partial charge in [0.15, 0.2) is 0 Å². The Morgan fingerprint density at radius 2 is 1.62 bits per heavy atom. The number of piperazine rings is 1. The van der Waals surface area contributed by atoms with E-state index in [1.54, 1.807) is 6.92 Å². The van der Waals surface area contributed by atoms with E-state index in [2.05, 4.69) is 34.5 Å². The molecule has 1 N–H and O–H groups in total. The van der Waals surface area contributed by atoms with Gasteiger partial charge in [-0.1, -0.05) is 23.7 Å². The molecule has 3 rings (SSSR count). The summed E-state index contributed by atoms with van der Waals surface area (Å²) in [7, 11) is 0. The van der Waals surface area contributed by atoms with Crippen LogP contribution in [-0.4, -0.2) is 37.0 Å². The lowest BCUT2D eigenvalue weighted by Crippen LogP contribution is -2.48. The molecule has 0 aliphatic carbocycles. The van der Waals surface area contributed by atoms with Crippen LogP contribution in [0.1, 0.15) is 12.5 Å². The van der Waals surface area contributed by atoms with Gasteiger partial charge in [-0.15, -0.1) is 0 Å². The van der Waals surface area contributed by atoms with Gasteiger partial charge in [0.05, 0.1) is 0 Å². The lowest BCUT2D eigenvalue weighted by atomic mass is 10.2. The molecule has 0 aromatic heterocycles. The number of carbonyl (C=O) groups is 1. The number of halogens is 1. The third-order valence-electron chi connectivity index (χ3n) is 4.37. The van der Waals surface area contributed by atoms with Gasteiger partial charge in [0, 0.05) is 56.0 Å². The fraction of sp³-hybridized carbons (Fsp3) is 0.316. The summed E-state index contributed by atoms with van der Waals surface area (Å²) in [4.78, 5) is 15.6. The lowest BCUT2D eigenvalue weighted by Gasteiger charge is -2.35. The second-order valence-corrected chi connectivity index (χ2v) is 6.46. The van der Waals surface area contributed by atoms with Gasteiger partial charge in [0.1, 0.15) is 0 Å². The number of carbonyl (C=O) groups excluding carboxylic acids is 1. The molecule has 4 nitrogen and oxygen atoms in total. The van der Waals surface area contributed by atoms with Gasteiger partial charge in [-0.05, 0) is 42.0 Å². The van der Waals surface area contributed by atoms with E-state index < -0.39 is 0 Å². The molecule has 24 heavy (non-hydrogen) atoms. The van der Waals surface area contributed by atoms with Crippen molar-refractivity contribution in [3.05, 3.63) is 59.1 Å². The van der Waals surface area contributed by atoms with Crippen molar-refractivity contribution in [1.29, 1.82) is 0 Å². The fourth-order valence-corrected chi connectivity index (χ4v) is 3.00. The molecule has 0 saturated carbocycles. The Labute approximate surface area is 148 Å². The molecule has 0 unspecified atom stereocenters. The Balaban J connectivity index is 1.54. The van der Waals surface area contributed by atoms with E-state index in [9.17, 15) is 4.79 Å². The van der Waals surface area contributed by atoms with Crippen LogP contribution in [-0.2, 0) is 11.3 Å². The minimum absolute atomic E-state index is 0.163. The van der Waals surface area contributed by atoms with E-state index in [1.807, 2.05) is 29.2 Å². The molecule has 1 aliphatic heterocycles. The van der Waals surface area contributed by atoms with Crippen molar-refractivity contribution in [2.24, 2.45) is 0 Å². The molecule has 2 aromatic carbocycles. The monoisotopic (exact) mass is 343 g/mol. The minimum atomic E-state index is 0.163. The van der Waals surface area contributed by atoms with Gasteiger partial charge in [0.25, 0.3) is 0 Å². The average Bonchev–Trinajstić information content (AvgIpc) is 2.62. The van der Waals surface area contributed by atoms with Crippen molar-refractivity contribution in [1.82, 2.24) is 4.90 Å². The predicted molar refractivity (Wildman–Crippen MR) is 99.7 cm³/mol. The highest BCUT2D eigenvalue weighted by Crippen LogP contribution is 2.20. The SMILES string of the molecule is CC(=O)N1CCN(c2ccc(NCc3ccc(Cl)cc3)cc2)CC1. The summed E-state index contributed by atoms with van der Waals surface area (Å²) in [6.45, 7) is 5.77. The number of amides is 1. The number of nitrogens with one attached hydrogen (secondary N) is 1. The zero-order valence-electron chi connectivity index (χ0n) is 13.8. The molecule has 1 fully saturated rings. The van der Waals surface area contributed by atoms with Gasteiger partial charge in [0.2, 0.25) is 5.91 Å². The van der Waals surface area contributed by atoms with Crippen LogP contribution in [0, 0.1) is 0 Å². The molecule has 1 heterocycles. The number of hydrogen-bond donors (Lipinski definition) is 1. The molecular weight excluding hydrogens is 322 g/mol. The van der Waals surface area contributed by atoms with Crippen molar-refractivity contribution in [2.75, 3.05) is 36.4 Å². The van der Waals surface area contributed by atoms with Crippen LogP contribution in [0.25, 0.3) is 0 Å². The second kappa shape index (κ2) is 7.58. The third kappa shape index (κ3) is 4.20. The van der Waals surface area contributed by atoms with E-state index in [4.69, 9.17) is 11.6 Å². The summed E-state index contributed by atoms with van der Waals surface area (Å²) in [6.07, 6.45) is 0. The molecule has 0 radical (unpaired) electrons. The molecule has 126 valence electrons. The van der Waals surface area contributed by atoms with Gasteiger partial charge in [-0.2, -0.15) is 0 Å². The average molecular weight is 344 g/mol. The van der Waals surface area contributed by atoms with E-state index in [0.29, 0.717) is 0 Å². The maximum absolute atomic E-state index is 11.4. The first-order valence-corrected chi connectivity index (χ1v) is 8.58. The highest BCUT2D eigenvalue weighted by atomic mass is 35.5. The summed E-state index contributed by atoms with van der Waals surface area (Å²) < 4.78 is 0. The van der Waals surface area contributed by atoms with Crippen LogP contribution >= 0.6 is 11.6 Å². The molecule has 2 aromatic rings. The number of anilines is 2. The van der Waals surface area contributed by atoms with Crippen LogP contribution < -0.4 is 10.2 Å². The molecule has 0 bridgehead atoms. The quantitative estimate of drug-likeness (QED) is 0.921. The van der Waals surface area contributed by atoms with Crippen molar-refractivity contribution in [3.63, 3.8) is 0 Å². The normalized spacial score (nSPS) is 14.6. The maximum Gasteiger partial charge on any atom is 0.219 e. The van der Waals surface area contributed by atoms with Crippen molar-refractivity contribution in [3.8, 4) is 0 Å². The Morgan fingerprint density at radius 3 is 2.21 bits per heavy atom. The molecular formula is C19H22ClN3O. The number of rotatable bonds is 4. The van der Waals surface area contributed by atoms with Crippen molar-refractivity contribution >= 4 is 28.9 Å². The van der Waals surface area contributed by atoms with Crippen molar-refractivity contribution < 1.29 is 4.79 Å². The molecule has 1 amide bonds. The zero-order chi connectivity index (χ0) is 16.9. The minimum Gasteiger partial charge on any atom is -0.381 e. The molecule has 0 spiro atoms. The Kier molecular flexibility index (Phi) is 5.26. The summed E-state index contributed by atoms with van der Waals surface area (Å²) in [5.41, 5.74) is 3.50. The smallest absolute Gasteiger partial charge is 0.219 e. The van der Waals surface area contributed by atoms with Crippen molar-refractivity contribution in [2.45, 2.75) is 13.5 Å². The number of nitrogens with zero attached hydrogens (tertiary/aromatic N) is 2. The molecule has 5 heteroatoms. The Bertz CT molecular complexity index is 677. The highest BCUT2D eigenvalue weighted by Gasteiger charge is 2.18. The summed E-state index contributed by atoms with van der Waals surface area (Å²) >= 11 is 5.90. The van der Waals surface area contributed by atoms with Crippen LogP contribution in [0.4, 0.5) is 11.4 Å². The molecule has 0 atom stereocenters. The summed E-state index contributed by atoms with van der Waals surface area (Å²) in [5, 5.41) is 4.18. The summed E-state index contributed by atoms with van der Waals surface area (Å²) in [5.74, 6) is 0.163. The standard InChI is InChI=1S/C19H22ClN3O/c1-15(24)22-10-12-23(13-11-22)19-8-6-18(7-9-19)21-14-16-2-4-17(20)5-3-16/h2-9,21H,10-14H2,1H3. The summed E-state index contributed by atoms with van der Waals surface area (Å²) in [6, 6.07) is 16.3. The van der Waals surface area contributed by atoms with Gasteiger partial charge >= 0.3 is 0 Å². The van der Waals surface area contributed by atoms with Crippen LogP contribution in [0.3, 0.4) is 0 Å². The van der Waals surface area contributed by atoms with E-state index in [0.717, 1.165) is 43.4 Å². The van der Waals surface area contributed by atoms with Crippen LogP contribution in [0.2, 0.25) is 5.02 Å². The van der Waals surface area contributed by atoms with Gasteiger partial charge in [-0.3, -0.25) is 4.79 Å². The number of hydrogen-bond acceptors (Lipinski definition) is 3. The Morgan fingerprint density at radius 1 is 1.00 bits per heavy atom. The number of benzene rings is 2. The van der Waals surface area contributed by atoms with Crippen LogP contribution in [0.5, 0.6) is 0 Å². The topological polar surface area (TPSA) is 35.6 Å². The first-order valence-electron chi connectivity index (χ1n) is 8.21. The van der Waals surface area contributed by atoms with E-state index >= 15 is 0 Å². The second-order valence-electron chi connectivity index (χ2n) is 6.02. The highest BCUT2D eigenvalue weighted by molar-refractivity contribution is 6.30. The molecule has 1 saturated heterocycles. The molecule has 1 aliphatic rings. The van der Waals surface area contributed by atoms with Gasteiger partial charge in [-0.25, -0.2) is 0 Å². The van der Waals surface area contributed by atoms with E-state index in [1.165, 1.54) is 11.3 Å². The predicted octanol–water partition coefficient (Wildman–Crippen LogP) is 3.62. The van der Waals surface area contributed by atoms with E-state index in [-0.39, 0.29) is 5.91 Å². The lowest BCUT2D eigenvalue weighted by molar-refractivity contribution is -0.129. The third-order valence-corrected chi connectivity index (χ3v) is 4.62. The van der Waals surface area contributed by atoms with Gasteiger partial charge < -0.3 is 15.1 Å².